The number of amides is 2. The van der Waals surface area contributed by atoms with E-state index >= 15 is 0 Å². The second kappa shape index (κ2) is 10.9. The van der Waals surface area contributed by atoms with Crippen molar-refractivity contribution in [1.29, 1.82) is 0 Å². The third-order valence-electron chi connectivity index (χ3n) is 2.99. The van der Waals surface area contributed by atoms with Crippen LogP contribution in [0.2, 0.25) is 0 Å². The summed E-state index contributed by atoms with van der Waals surface area (Å²) >= 11 is 4.88. The molecule has 1 aromatic rings. The summed E-state index contributed by atoms with van der Waals surface area (Å²) in [4.78, 5) is 33.1. The van der Waals surface area contributed by atoms with Crippen LogP contribution in [0.3, 0.4) is 0 Å². The lowest BCUT2D eigenvalue weighted by atomic mass is 10.2. The van der Waals surface area contributed by atoms with Gasteiger partial charge in [-0.3, -0.25) is 30.6 Å². The van der Waals surface area contributed by atoms with Crippen LogP contribution in [0, 0.1) is 10.1 Å². The van der Waals surface area contributed by atoms with E-state index in [-0.39, 0.29) is 23.3 Å². The number of benzene rings is 1. The molecule has 9 nitrogen and oxygen atoms in total. The van der Waals surface area contributed by atoms with Crippen LogP contribution in [0.15, 0.2) is 24.3 Å². The van der Waals surface area contributed by atoms with Crippen LogP contribution in [-0.4, -0.2) is 28.5 Å². The SMILES string of the molecule is CCCCCC(=O)NC(=S)NNC(=O)COc1ccc([N+](=O)[O-])cc1. The molecule has 25 heavy (non-hydrogen) atoms. The number of hydrogen-bond acceptors (Lipinski definition) is 6. The Balaban J connectivity index is 2.24. The van der Waals surface area contributed by atoms with Gasteiger partial charge in [0.05, 0.1) is 4.92 Å². The zero-order chi connectivity index (χ0) is 18.7. The molecule has 0 saturated carbocycles. The van der Waals surface area contributed by atoms with Gasteiger partial charge in [0.25, 0.3) is 11.6 Å². The minimum absolute atomic E-state index is 0.00909. The fourth-order valence-electron chi connectivity index (χ4n) is 1.73. The summed E-state index contributed by atoms with van der Waals surface area (Å²) in [5.74, 6) is -0.434. The second-order valence-corrected chi connectivity index (χ2v) is 5.46. The van der Waals surface area contributed by atoms with Crippen LogP contribution in [0.1, 0.15) is 32.6 Å². The fourth-order valence-corrected chi connectivity index (χ4v) is 1.90. The largest absolute Gasteiger partial charge is 0.484 e. The van der Waals surface area contributed by atoms with Gasteiger partial charge in [-0.25, -0.2) is 0 Å². The van der Waals surface area contributed by atoms with Crippen molar-refractivity contribution >= 4 is 34.8 Å². The molecule has 136 valence electrons. The minimum atomic E-state index is -0.530. The Morgan fingerprint density at radius 3 is 2.44 bits per heavy atom. The van der Waals surface area contributed by atoms with Crippen LogP contribution < -0.4 is 20.9 Å². The molecule has 0 aromatic heterocycles. The van der Waals surface area contributed by atoms with Crippen molar-refractivity contribution in [3.8, 4) is 5.75 Å². The van der Waals surface area contributed by atoms with E-state index in [0.29, 0.717) is 12.2 Å². The van der Waals surface area contributed by atoms with Gasteiger partial charge in [-0.15, -0.1) is 0 Å². The zero-order valence-corrected chi connectivity index (χ0v) is 14.6. The van der Waals surface area contributed by atoms with Crippen molar-refractivity contribution in [2.45, 2.75) is 32.6 Å². The highest BCUT2D eigenvalue weighted by Crippen LogP contribution is 2.16. The number of ether oxygens (including phenoxy) is 1. The number of nitro benzene ring substituents is 1. The van der Waals surface area contributed by atoms with E-state index in [1.807, 2.05) is 6.92 Å². The number of nitrogens with zero attached hydrogens (tertiary/aromatic N) is 1. The van der Waals surface area contributed by atoms with Gasteiger partial charge >= 0.3 is 0 Å². The standard InChI is InChI=1S/C15H20N4O5S/c1-2-3-4-5-13(20)16-15(25)18-17-14(21)10-24-12-8-6-11(7-9-12)19(22)23/h6-9H,2-5,10H2,1H3,(H,17,21)(H2,16,18,20,25). The molecule has 0 bridgehead atoms. The molecule has 0 aliphatic carbocycles. The maximum Gasteiger partial charge on any atom is 0.276 e. The molecular formula is C15H20N4O5S. The molecule has 0 unspecified atom stereocenters. The lowest BCUT2D eigenvalue weighted by molar-refractivity contribution is -0.384. The maximum absolute atomic E-state index is 11.6. The van der Waals surface area contributed by atoms with Gasteiger partial charge in [0, 0.05) is 18.6 Å². The number of non-ortho nitro benzene ring substituents is 1. The molecule has 10 heteroatoms. The van der Waals surface area contributed by atoms with Gasteiger partial charge < -0.3 is 10.1 Å². The molecule has 2 amide bonds. The summed E-state index contributed by atoms with van der Waals surface area (Å²) in [6.07, 6.45) is 3.12. The van der Waals surface area contributed by atoms with E-state index < -0.39 is 10.8 Å². The molecule has 1 aromatic carbocycles. The van der Waals surface area contributed by atoms with E-state index in [2.05, 4.69) is 16.2 Å². The highest BCUT2D eigenvalue weighted by molar-refractivity contribution is 7.80. The quantitative estimate of drug-likeness (QED) is 0.275. The lowest BCUT2D eigenvalue weighted by Gasteiger charge is -2.11. The normalized spacial score (nSPS) is 9.80. The van der Waals surface area contributed by atoms with Crippen LogP contribution in [0.25, 0.3) is 0 Å². The summed E-state index contributed by atoms with van der Waals surface area (Å²) in [7, 11) is 0. The Morgan fingerprint density at radius 2 is 1.84 bits per heavy atom. The van der Waals surface area contributed by atoms with Gasteiger partial charge in [-0.1, -0.05) is 19.8 Å². The summed E-state index contributed by atoms with van der Waals surface area (Å²) in [5.41, 5.74) is 4.60. The van der Waals surface area contributed by atoms with E-state index in [0.717, 1.165) is 19.3 Å². The van der Waals surface area contributed by atoms with Crippen LogP contribution >= 0.6 is 12.2 Å². The minimum Gasteiger partial charge on any atom is -0.484 e. The number of nitrogens with one attached hydrogen (secondary N) is 3. The lowest BCUT2D eigenvalue weighted by Crippen LogP contribution is -2.49. The molecule has 0 heterocycles. The number of thiocarbonyl (C=S) groups is 1. The van der Waals surface area contributed by atoms with Gasteiger partial charge in [0.15, 0.2) is 11.7 Å². The molecule has 0 fully saturated rings. The third-order valence-corrected chi connectivity index (χ3v) is 3.20. The molecule has 3 N–H and O–H groups in total. The van der Waals surface area contributed by atoms with Crippen molar-refractivity contribution in [2.24, 2.45) is 0 Å². The summed E-state index contributed by atoms with van der Waals surface area (Å²) in [6.45, 7) is 1.72. The van der Waals surface area contributed by atoms with Gasteiger partial charge in [0.2, 0.25) is 5.91 Å². The number of hydrogen-bond donors (Lipinski definition) is 3. The van der Waals surface area contributed by atoms with E-state index in [9.17, 15) is 19.7 Å². The van der Waals surface area contributed by atoms with Gasteiger partial charge in [-0.05, 0) is 30.8 Å². The highest BCUT2D eigenvalue weighted by atomic mass is 32.1. The van der Waals surface area contributed by atoms with Crippen molar-refractivity contribution in [1.82, 2.24) is 16.2 Å². The maximum atomic E-state index is 11.6. The Labute approximate surface area is 150 Å². The molecule has 0 radical (unpaired) electrons. The van der Waals surface area contributed by atoms with Crippen molar-refractivity contribution in [3.63, 3.8) is 0 Å². The number of nitro groups is 1. The third kappa shape index (κ3) is 8.61. The molecule has 0 spiro atoms. The molecular weight excluding hydrogens is 348 g/mol. The highest BCUT2D eigenvalue weighted by Gasteiger charge is 2.08. The average molecular weight is 368 g/mol. The Hall–Kier alpha value is -2.75. The van der Waals surface area contributed by atoms with E-state index in [1.165, 1.54) is 24.3 Å². The smallest absolute Gasteiger partial charge is 0.276 e. The number of rotatable bonds is 8. The Bertz CT molecular complexity index is 621. The van der Waals surface area contributed by atoms with E-state index in [4.69, 9.17) is 17.0 Å². The van der Waals surface area contributed by atoms with Crippen molar-refractivity contribution in [3.05, 3.63) is 34.4 Å². The molecule has 0 aliphatic rings. The predicted octanol–water partition coefficient (Wildman–Crippen LogP) is 1.58. The molecule has 0 atom stereocenters. The van der Waals surface area contributed by atoms with Crippen molar-refractivity contribution < 1.29 is 19.2 Å². The number of carbonyl (C=O) groups excluding carboxylic acids is 2. The van der Waals surface area contributed by atoms with Gasteiger partial charge in [-0.2, -0.15) is 0 Å². The predicted molar refractivity (Wildman–Crippen MR) is 94.8 cm³/mol. The first-order valence-corrected chi connectivity index (χ1v) is 8.09. The Morgan fingerprint density at radius 1 is 1.16 bits per heavy atom. The average Bonchev–Trinajstić information content (AvgIpc) is 2.58. The first-order chi connectivity index (χ1) is 11.9. The summed E-state index contributed by atoms with van der Waals surface area (Å²) in [6, 6.07) is 5.32. The molecule has 0 saturated heterocycles. The van der Waals surface area contributed by atoms with Crippen LogP contribution in [0.5, 0.6) is 5.75 Å². The fraction of sp³-hybridized carbons (Fsp3) is 0.400. The number of hydrazine groups is 1. The summed E-state index contributed by atoms with van der Waals surface area (Å²) in [5, 5.41) is 13.0. The molecule has 1 rings (SSSR count). The van der Waals surface area contributed by atoms with Crippen molar-refractivity contribution in [2.75, 3.05) is 6.61 Å². The number of unbranched alkanes of at least 4 members (excludes halogenated alkanes) is 2. The summed E-state index contributed by atoms with van der Waals surface area (Å²) < 4.78 is 5.18. The van der Waals surface area contributed by atoms with E-state index in [1.54, 1.807) is 0 Å². The van der Waals surface area contributed by atoms with Crippen LogP contribution in [0.4, 0.5) is 5.69 Å². The first kappa shape index (κ1) is 20.3. The topological polar surface area (TPSA) is 123 Å². The second-order valence-electron chi connectivity index (χ2n) is 5.05. The monoisotopic (exact) mass is 368 g/mol. The number of carbonyl (C=O) groups is 2. The van der Waals surface area contributed by atoms with Gasteiger partial charge in [0.1, 0.15) is 5.75 Å². The first-order valence-electron chi connectivity index (χ1n) is 7.68. The Kier molecular flexibility index (Phi) is 8.86. The zero-order valence-electron chi connectivity index (χ0n) is 13.7. The van der Waals surface area contributed by atoms with Crippen LogP contribution in [-0.2, 0) is 9.59 Å². The molecule has 0 aliphatic heterocycles.